The number of hydrogen-bond acceptors (Lipinski definition) is 3. The number of carbonyl (C=O) groups is 2. The quantitative estimate of drug-likeness (QED) is 0.628. The third-order valence-electron chi connectivity index (χ3n) is 5.30. The Kier molecular flexibility index (Phi) is 5.05. The Morgan fingerprint density at radius 2 is 1.76 bits per heavy atom. The fourth-order valence-corrected chi connectivity index (χ4v) is 3.68. The predicted octanol–water partition coefficient (Wildman–Crippen LogP) is 3.97. The molecule has 0 radical (unpaired) electrons. The Labute approximate surface area is 167 Å². The summed E-state index contributed by atoms with van der Waals surface area (Å²) < 4.78 is 27.7. The van der Waals surface area contributed by atoms with Gasteiger partial charge in [0.2, 0.25) is 0 Å². The number of imide groups is 1. The van der Waals surface area contributed by atoms with Gasteiger partial charge < -0.3 is 10.2 Å². The lowest BCUT2D eigenvalue weighted by Gasteiger charge is -2.19. The number of rotatable bonds is 4. The van der Waals surface area contributed by atoms with Crippen LogP contribution in [-0.2, 0) is 11.3 Å². The number of amides is 3. The highest BCUT2D eigenvalue weighted by atomic mass is 19.1. The molecule has 7 heteroatoms. The molecular formula is C22H21F2N3O2. The molecule has 150 valence electrons. The molecule has 2 heterocycles. The minimum Gasteiger partial charge on any atom is -0.369 e. The first-order valence-corrected chi connectivity index (χ1v) is 9.56. The van der Waals surface area contributed by atoms with Crippen LogP contribution in [0.5, 0.6) is 0 Å². The maximum atomic E-state index is 14.6. The van der Waals surface area contributed by atoms with Crippen LogP contribution in [0.25, 0.3) is 6.08 Å². The van der Waals surface area contributed by atoms with Crippen molar-refractivity contribution in [3.8, 4) is 0 Å². The number of aryl methyl sites for hydroxylation is 1. The van der Waals surface area contributed by atoms with Gasteiger partial charge in [0.05, 0.1) is 12.2 Å². The third-order valence-corrected chi connectivity index (χ3v) is 5.30. The van der Waals surface area contributed by atoms with Gasteiger partial charge in [0.1, 0.15) is 17.3 Å². The number of halogens is 2. The second-order valence-corrected chi connectivity index (χ2v) is 7.36. The topological polar surface area (TPSA) is 52.7 Å². The SMILES string of the molecule is Cc1cc(N2CCCC2)c(F)cc1C=C1NC(=O)N(Cc2ccc(F)cc2)C1=O. The van der Waals surface area contributed by atoms with Gasteiger partial charge in [0.15, 0.2) is 0 Å². The molecular weight excluding hydrogens is 376 g/mol. The first-order valence-electron chi connectivity index (χ1n) is 9.56. The smallest absolute Gasteiger partial charge is 0.329 e. The summed E-state index contributed by atoms with van der Waals surface area (Å²) in [6.45, 7) is 3.56. The summed E-state index contributed by atoms with van der Waals surface area (Å²) in [7, 11) is 0. The van der Waals surface area contributed by atoms with E-state index in [1.54, 1.807) is 6.07 Å². The van der Waals surface area contributed by atoms with Crippen LogP contribution in [0.1, 0.15) is 29.5 Å². The summed E-state index contributed by atoms with van der Waals surface area (Å²) in [5.41, 5.74) is 2.65. The number of hydrogen-bond donors (Lipinski definition) is 1. The number of carbonyl (C=O) groups excluding carboxylic acids is 2. The molecule has 0 saturated carbocycles. The molecule has 5 nitrogen and oxygen atoms in total. The van der Waals surface area contributed by atoms with Gasteiger partial charge in [-0.3, -0.25) is 9.69 Å². The van der Waals surface area contributed by atoms with Gasteiger partial charge in [-0.2, -0.15) is 0 Å². The minimum atomic E-state index is -0.558. The van der Waals surface area contributed by atoms with Crippen LogP contribution in [0, 0.1) is 18.6 Å². The fraction of sp³-hybridized carbons (Fsp3) is 0.273. The molecule has 2 aliphatic heterocycles. The molecule has 0 unspecified atom stereocenters. The molecule has 0 atom stereocenters. The summed E-state index contributed by atoms with van der Waals surface area (Å²) >= 11 is 0. The zero-order valence-electron chi connectivity index (χ0n) is 16.0. The molecule has 3 amide bonds. The Morgan fingerprint density at radius 3 is 2.45 bits per heavy atom. The van der Waals surface area contributed by atoms with E-state index < -0.39 is 11.9 Å². The van der Waals surface area contributed by atoms with Gasteiger partial charge in [-0.05, 0) is 66.8 Å². The van der Waals surface area contributed by atoms with Gasteiger partial charge >= 0.3 is 6.03 Å². The van der Waals surface area contributed by atoms with Crippen molar-refractivity contribution in [3.63, 3.8) is 0 Å². The highest BCUT2D eigenvalue weighted by Crippen LogP contribution is 2.28. The van der Waals surface area contributed by atoms with Crippen LogP contribution in [0.3, 0.4) is 0 Å². The van der Waals surface area contributed by atoms with Gasteiger partial charge in [-0.15, -0.1) is 0 Å². The van der Waals surface area contributed by atoms with E-state index in [-0.39, 0.29) is 23.9 Å². The lowest BCUT2D eigenvalue weighted by molar-refractivity contribution is -0.123. The average molecular weight is 397 g/mol. The highest BCUT2D eigenvalue weighted by Gasteiger charge is 2.33. The monoisotopic (exact) mass is 397 g/mol. The summed E-state index contributed by atoms with van der Waals surface area (Å²) in [5.74, 6) is -1.23. The first kappa shape index (κ1) is 19.1. The Morgan fingerprint density at radius 1 is 1.07 bits per heavy atom. The van der Waals surface area contributed by atoms with Gasteiger partial charge in [0, 0.05) is 13.1 Å². The van der Waals surface area contributed by atoms with Crippen molar-refractivity contribution < 1.29 is 18.4 Å². The number of benzene rings is 2. The van der Waals surface area contributed by atoms with Crippen molar-refractivity contribution in [2.75, 3.05) is 18.0 Å². The zero-order chi connectivity index (χ0) is 20.5. The fourth-order valence-electron chi connectivity index (χ4n) is 3.68. The molecule has 2 saturated heterocycles. The van der Waals surface area contributed by atoms with Crippen LogP contribution in [0.4, 0.5) is 19.3 Å². The predicted molar refractivity (Wildman–Crippen MR) is 106 cm³/mol. The maximum Gasteiger partial charge on any atom is 0.329 e. The highest BCUT2D eigenvalue weighted by molar-refractivity contribution is 6.14. The molecule has 2 aromatic carbocycles. The van der Waals surface area contributed by atoms with E-state index in [9.17, 15) is 18.4 Å². The largest absolute Gasteiger partial charge is 0.369 e. The molecule has 2 aromatic rings. The van der Waals surface area contributed by atoms with Crippen molar-refractivity contribution in [2.24, 2.45) is 0 Å². The number of urea groups is 1. The Hall–Kier alpha value is -3.22. The molecule has 0 bridgehead atoms. The van der Waals surface area contributed by atoms with Crippen LogP contribution >= 0.6 is 0 Å². The summed E-state index contributed by atoms with van der Waals surface area (Å²) in [6.07, 6.45) is 3.60. The van der Waals surface area contributed by atoms with E-state index in [1.807, 2.05) is 11.8 Å². The molecule has 0 aliphatic carbocycles. The van der Waals surface area contributed by atoms with Crippen molar-refractivity contribution in [1.29, 1.82) is 0 Å². The van der Waals surface area contributed by atoms with Crippen LogP contribution in [0.2, 0.25) is 0 Å². The Bertz CT molecular complexity index is 996. The summed E-state index contributed by atoms with van der Waals surface area (Å²) in [5, 5.41) is 2.54. The van der Waals surface area contributed by atoms with E-state index in [4.69, 9.17) is 0 Å². The van der Waals surface area contributed by atoms with E-state index in [0.717, 1.165) is 36.4 Å². The lowest BCUT2D eigenvalue weighted by atomic mass is 10.1. The van der Waals surface area contributed by atoms with Crippen LogP contribution < -0.4 is 10.2 Å². The van der Waals surface area contributed by atoms with Gasteiger partial charge in [-0.25, -0.2) is 13.6 Å². The minimum absolute atomic E-state index is 0.0313. The van der Waals surface area contributed by atoms with Gasteiger partial charge in [-0.1, -0.05) is 12.1 Å². The zero-order valence-corrected chi connectivity index (χ0v) is 16.0. The molecule has 0 spiro atoms. The number of nitrogens with zero attached hydrogens (tertiary/aromatic N) is 2. The molecule has 2 aliphatic rings. The second-order valence-electron chi connectivity index (χ2n) is 7.36. The van der Waals surface area contributed by atoms with E-state index in [0.29, 0.717) is 16.8 Å². The van der Waals surface area contributed by atoms with E-state index in [1.165, 1.54) is 36.4 Å². The lowest BCUT2D eigenvalue weighted by Crippen LogP contribution is -2.30. The number of nitrogens with one attached hydrogen (secondary N) is 1. The normalized spacial score (nSPS) is 18.1. The van der Waals surface area contributed by atoms with Crippen LogP contribution in [-0.4, -0.2) is 29.9 Å². The third kappa shape index (κ3) is 3.85. The van der Waals surface area contributed by atoms with Crippen molar-refractivity contribution in [2.45, 2.75) is 26.3 Å². The second kappa shape index (κ2) is 7.66. The number of anilines is 1. The molecule has 2 fully saturated rings. The van der Waals surface area contributed by atoms with Gasteiger partial charge in [0.25, 0.3) is 5.91 Å². The standard InChI is InChI=1S/C22H21F2N3O2/c1-14-10-20(26-8-2-3-9-26)18(24)11-16(14)12-19-21(28)27(22(29)25-19)13-15-4-6-17(23)7-5-15/h4-7,10-12H,2-3,8-9,13H2,1H3,(H,25,29). The average Bonchev–Trinajstić information content (AvgIpc) is 3.31. The molecule has 0 aromatic heterocycles. The van der Waals surface area contributed by atoms with Crippen molar-refractivity contribution in [3.05, 3.63) is 70.4 Å². The van der Waals surface area contributed by atoms with Crippen molar-refractivity contribution >= 4 is 23.7 Å². The van der Waals surface area contributed by atoms with Crippen LogP contribution in [0.15, 0.2) is 42.1 Å². The van der Waals surface area contributed by atoms with Crippen molar-refractivity contribution in [1.82, 2.24) is 10.2 Å². The first-order chi connectivity index (χ1) is 13.9. The molecule has 29 heavy (non-hydrogen) atoms. The molecule has 1 N–H and O–H groups in total. The Balaban J connectivity index is 1.56. The summed E-state index contributed by atoms with van der Waals surface area (Å²) in [4.78, 5) is 28.0. The molecule has 4 rings (SSSR count). The summed E-state index contributed by atoms with van der Waals surface area (Å²) in [6, 6.07) is 8.22. The van der Waals surface area contributed by atoms with E-state index >= 15 is 0 Å². The maximum absolute atomic E-state index is 14.6. The van der Waals surface area contributed by atoms with E-state index in [2.05, 4.69) is 5.32 Å².